The Morgan fingerprint density at radius 2 is 2.19 bits per heavy atom. The third-order valence-corrected chi connectivity index (χ3v) is 4.10. The molecule has 1 N–H and O–H groups in total. The second-order valence-corrected chi connectivity index (χ2v) is 6.04. The van der Waals surface area contributed by atoms with E-state index in [1.807, 2.05) is 0 Å². The molecule has 0 saturated carbocycles. The van der Waals surface area contributed by atoms with E-state index in [-0.39, 0.29) is 0 Å². The van der Waals surface area contributed by atoms with Crippen LogP contribution in [0.1, 0.15) is 39.5 Å². The van der Waals surface area contributed by atoms with Crippen molar-refractivity contribution in [3.8, 4) is 0 Å². The zero-order chi connectivity index (χ0) is 11.6. The van der Waals surface area contributed by atoms with Crippen LogP contribution in [-0.2, 0) is 0 Å². The summed E-state index contributed by atoms with van der Waals surface area (Å²) in [6.07, 6.45) is 5.42. The molecule has 0 aromatic carbocycles. The molecule has 0 spiro atoms. The molecule has 1 aliphatic rings. The van der Waals surface area contributed by atoms with Crippen LogP contribution in [0.15, 0.2) is 0 Å². The van der Waals surface area contributed by atoms with E-state index in [2.05, 4.69) is 35.8 Å². The van der Waals surface area contributed by atoms with Crippen molar-refractivity contribution in [3.63, 3.8) is 0 Å². The van der Waals surface area contributed by atoms with E-state index >= 15 is 0 Å². The van der Waals surface area contributed by atoms with E-state index in [0.717, 1.165) is 6.04 Å². The molecule has 3 heteroatoms. The van der Waals surface area contributed by atoms with Crippen LogP contribution < -0.4 is 5.32 Å². The minimum absolute atomic E-state index is 0.767. The quantitative estimate of drug-likeness (QED) is 0.628. The lowest BCUT2D eigenvalue weighted by Crippen LogP contribution is -2.39. The molecular formula is C13H28N2S. The van der Waals surface area contributed by atoms with Crippen LogP contribution >= 0.6 is 11.8 Å². The first-order valence-electron chi connectivity index (χ1n) is 6.90. The summed E-state index contributed by atoms with van der Waals surface area (Å²) in [4.78, 5) is 2.66. The Morgan fingerprint density at radius 1 is 1.31 bits per heavy atom. The molecule has 1 unspecified atom stereocenters. The summed E-state index contributed by atoms with van der Waals surface area (Å²) >= 11 is 2.07. The molecule has 1 rings (SSSR count). The molecule has 96 valence electrons. The Labute approximate surface area is 106 Å². The van der Waals surface area contributed by atoms with Crippen molar-refractivity contribution in [1.29, 1.82) is 0 Å². The molecule has 0 aromatic heterocycles. The summed E-state index contributed by atoms with van der Waals surface area (Å²) in [7, 11) is 0. The van der Waals surface area contributed by atoms with Gasteiger partial charge in [-0.3, -0.25) is 0 Å². The van der Waals surface area contributed by atoms with Gasteiger partial charge < -0.3 is 10.2 Å². The molecule has 1 saturated heterocycles. The normalized spacial score (nSPS) is 20.8. The summed E-state index contributed by atoms with van der Waals surface area (Å²) in [6.45, 7) is 9.60. The first-order chi connectivity index (χ1) is 7.86. The highest BCUT2D eigenvalue weighted by Crippen LogP contribution is 2.09. The maximum Gasteiger partial charge on any atom is 0.0195 e. The topological polar surface area (TPSA) is 15.3 Å². The van der Waals surface area contributed by atoms with Crippen molar-refractivity contribution in [2.24, 2.45) is 0 Å². The average Bonchev–Trinajstić information content (AvgIpc) is 2.78. The highest BCUT2D eigenvalue weighted by atomic mass is 32.2. The summed E-state index contributed by atoms with van der Waals surface area (Å²) in [5.41, 5.74) is 0. The molecule has 1 heterocycles. The van der Waals surface area contributed by atoms with Gasteiger partial charge in [-0.25, -0.2) is 0 Å². The van der Waals surface area contributed by atoms with Crippen molar-refractivity contribution in [3.05, 3.63) is 0 Å². The standard InChI is InChI=1S/C13H28N2S/c1-3-5-9-15(10-11-16-4-2)12-13-7-6-8-14-13/h13-14H,3-12H2,1-2H3. The summed E-state index contributed by atoms with van der Waals surface area (Å²) in [6, 6.07) is 0.767. The van der Waals surface area contributed by atoms with Crippen molar-refractivity contribution < 1.29 is 0 Å². The smallest absolute Gasteiger partial charge is 0.0195 e. The van der Waals surface area contributed by atoms with E-state index in [1.54, 1.807) is 0 Å². The van der Waals surface area contributed by atoms with Crippen molar-refractivity contribution in [1.82, 2.24) is 10.2 Å². The van der Waals surface area contributed by atoms with E-state index in [0.29, 0.717) is 0 Å². The van der Waals surface area contributed by atoms with Crippen LogP contribution in [0.25, 0.3) is 0 Å². The molecule has 0 amide bonds. The summed E-state index contributed by atoms with van der Waals surface area (Å²) in [5.74, 6) is 2.55. The lowest BCUT2D eigenvalue weighted by atomic mass is 10.2. The molecule has 1 atom stereocenters. The maximum atomic E-state index is 3.61. The molecular weight excluding hydrogens is 216 g/mol. The van der Waals surface area contributed by atoms with Crippen LogP contribution in [0.2, 0.25) is 0 Å². The molecule has 1 fully saturated rings. The van der Waals surface area contributed by atoms with Crippen LogP contribution in [0, 0.1) is 0 Å². The molecule has 0 bridgehead atoms. The monoisotopic (exact) mass is 244 g/mol. The van der Waals surface area contributed by atoms with E-state index < -0.39 is 0 Å². The van der Waals surface area contributed by atoms with Gasteiger partial charge in [0.15, 0.2) is 0 Å². The minimum Gasteiger partial charge on any atom is -0.313 e. The average molecular weight is 244 g/mol. The van der Waals surface area contributed by atoms with Crippen molar-refractivity contribution in [2.45, 2.75) is 45.6 Å². The Bertz CT molecular complexity index is 158. The zero-order valence-corrected chi connectivity index (χ0v) is 11.8. The maximum absolute atomic E-state index is 3.61. The Balaban J connectivity index is 2.18. The number of nitrogens with one attached hydrogen (secondary N) is 1. The molecule has 16 heavy (non-hydrogen) atoms. The fourth-order valence-electron chi connectivity index (χ4n) is 2.24. The van der Waals surface area contributed by atoms with E-state index in [1.165, 1.54) is 63.4 Å². The van der Waals surface area contributed by atoms with Gasteiger partial charge in [0.2, 0.25) is 0 Å². The lowest BCUT2D eigenvalue weighted by molar-refractivity contribution is 0.259. The molecule has 0 radical (unpaired) electrons. The SMILES string of the molecule is CCCCN(CCSCC)CC1CCCN1. The number of hydrogen-bond donors (Lipinski definition) is 1. The summed E-state index contributed by atoms with van der Waals surface area (Å²) in [5, 5.41) is 3.61. The fourth-order valence-corrected chi connectivity index (χ4v) is 2.91. The lowest BCUT2D eigenvalue weighted by Gasteiger charge is -2.25. The van der Waals surface area contributed by atoms with Crippen molar-refractivity contribution >= 4 is 11.8 Å². The Kier molecular flexibility index (Phi) is 8.34. The van der Waals surface area contributed by atoms with Gasteiger partial charge in [0.25, 0.3) is 0 Å². The molecule has 2 nitrogen and oxygen atoms in total. The number of unbranched alkanes of at least 4 members (excludes halogenated alkanes) is 1. The number of hydrogen-bond acceptors (Lipinski definition) is 3. The van der Waals surface area contributed by atoms with E-state index in [4.69, 9.17) is 0 Å². The van der Waals surface area contributed by atoms with Crippen LogP contribution in [0.3, 0.4) is 0 Å². The van der Waals surface area contributed by atoms with Crippen LogP contribution in [0.4, 0.5) is 0 Å². The first-order valence-corrected chi connectivity index (χ1v) is 8.05. The predicted octanol–water partition coefficient (Wildman–Crippen LogP) is 2.59. The van der Waals surface area contributed by atoms with Gasteiger partial charge in [-0.1, -0.05) is 20.3 Å². The van der Waals surface area contributed by atoms with Gasteiger partial charge in [-0.2, -0.15) is 11.8 Å². The Hall–Kier alpha value is 0.270. The molecule has 0 aliphatic carbocycles. The van der Waals surface area contributed by atoms with Crippen LogP contribution in [-0.4, -0.2) is 48.6 Å². The number of thioether (sulfide) groups is 1. The highest BCUT2D eigenvalue weighted by Gasteiger charge is 2.17. The second-order valence-electron chi connectivity index (χ2n) is 4.64. The second kappa shape index (κ2) is 9.32. The first kappa shape index (κ1) is 14.3. The Morgan fingerprint density at radius 3 is 2.81 bits per heavy atom. The van der Waals surface area contributed by atoms with Gasteiger partial charge in [0.05, 0.1) is 0 Å². The highest BCUT2D eigenvalue weighted by molar-refractivity contribution is 7.99. The minimum atomic E-state index is 0.767. The van der Waals surface area contributed by atoms with Crippen molar-refractivity contribution in [2.75, 3.05) is 37.7 Å². The number of rotatable bonds is 9. The van der Waals surface area contributed by atoms with E-state index in [9.17, 15) is 0 Å². The van der Waals surface area contributed by atoms with Crippen LogP contribution in [0.5, 0.6) is 0 Å². The third-order valence-electron chi connectivity index (χ3n) is 3.22. The predicted molar refractivity (Wildman–Crippen MR) is 75.4 cm³/mol. The fraction of sp³-hybridized carbons (Fsp3) is 1.00. The number of nitrogens with zero attached hydrogens (tertiary/aromatic N) is 1. The third kappa shape index (κ3) is 6.12. The van der Waals surface area contributed by atoms with Gasteiger partial charge in [-0.05, 0) is 38.1 Å². The summed E-state index contributed by atoms with van der Waals surface area (Å²) < 4.78 is 0. The zero-order valence-electron chi connectivity index (χ0n) is 11.0. The molecule has 0 aromatic rings. The molecule has 1 aliphatic heterocycles. The van der Waals surface area contributed by atoms with Gasteiger partial charge in [0, 0.05) is 24.9 Å². The van der Waals surface area contributed by atoms with Gasteiger partial charge in [-0.15, -0.1) is 0 Å². The van der Waals surface area contributed by atoms with Gasteiger partial charge >= 0.3 is 0 Å². The van der Waals surface area contributed by atoms with Gasteiger partial charge in [0.1, 0.15) is 0 Å². The largest absolute Gasteiger partial charge is 0.313 e.